The summed E-state index contributed by atoms with van der Waals surface area (Å²) in [5.74, 6) is 1.36. The van der Waals surface area contributed by atoms with Crippen molar-refractivity contribution in [1.82, 2.24) is 15.1 Å². The van der Waals surface area contributed by atoms with Crippen molar-refractivity contribution in [3.63, 3.8) is 0 Å². The van der Waals surface area contributed by atoms with E-state index >= 15 is 0 Å². The lowest BCUT2D eigenvalue weighted by Crippen LogP contribution is -2.57. The first kappa shape index (κ1) is 20.5. The van der Waals surface area contributed by atoms with Crippen molar-refractivity contribution < 1.29 is 9.59 Å². The summed E-state index contributed by atoms with van der Waals surface area (Å²) in [6, 6.07) is 0.232. The van der Waals surface area contributed by atoms with Gasteiger partial charge >= 0.3 is 0 Å². The molecule has 1 atom stereocenters. The van der Waals surface area contributed by atoms with Gasteiger partial charge in [0.1, 0.15) is 0 Å². The topological polar surface area (TPSA) is 52.7 Å². The summed E-state index contributed by atoms with van der Waals surface area (Å²) in [5, 5.41) is 3.12. The van der Waals surface area contributed by atoms with Gasteiger partial charge in [0.15, 0.2) is 0 Å². The molecule has 3 rings (SSSR count). The number of piperidine rings is 1. The van der Waals surface area contributed by atoms with E-state index in [2.05, 4.69) is 5.32 Å². The van der Waals surface area contributed by atoms with Gasteiger partial charge in [0.2, 0.25) is 11.8 Å². The molecule has 2 saturated heterocycles. The van der Waals surface area contributed by atoms with Gasteiger partial charge in [-0.15, -0.1) is 12.4 Å². The van der Waals surface area contributed by atoms with Crippen LogP contribution in [0.1, 0.15) is 64.2 Å². The van der Waals surface area contributed by atoms with E-state index < -0.39 is 0 Å². The molecule has 2 amide bonds. The number of hydrogen-bond acceptors (Lipinski definition) is 3. The first-order valence-corrected chi connectivity index (χ1v) is 10.0. The maximum Gasteiger partial charge on any atom is 0.236 e. The number of piperazine rings is 1. The highest BCUT2D eigenvalue weighted by Crippen LogP contribution is 2.28. The van der Waals surface area contributed by atoms with Crippen molar-refractivity contribution in [2.45, 2.75) is 70.3 Å². The molecule has 2 aliphatic heterocycles. The van der Waals surface area contributed by atoms with Gasteiger partial charge in [-0.1, -0.05) is 32.1 Å². The fraction of sp³-hybridized carbons (Fsp3) is 0.895. The van der Waals surface area contributed by atoms with Crippen LogP contribution in [0.3, 0.4) is 0 Å². The third-order valence-electron chi connectivity index (χ3n) is 6.04. The van der Waals surface area contributed by atoms with Crippen molar-refractivity contribution in [3.8, 4) is 0 Å². The second kappa shape index (κ2) is 10.4. The zero-order valence-electron chi connectivity index (χ0n) is 15.4. The molecule has 0 spiro atoms. The van der Waals surface area contributed by atoms with Crippen molar-refractivity contribution in [1.29, 1.82) is 0 Å². The highest BCUT2D eigenvalue weighted by molar-refractivity contribution is 5.85. The first-order valence-electron chi connectivity index (χ1n) is 10.0. The normalized spacial score (nSPS) is 25.6. The van der Waals surface area contributed by atoms with Crippen LogP contribution in [0.15, 0.2) is 0 Å². The minimum absolute atomic E-state index is 0. The maximum atomic E-state index is 12.6. The number of likely N-dealkylation sites (tertiary alicyclic amines) is 1. The van der Waals surface area contributed by atoms with E-state index in [0.29, 0.717) is 18.9 Å². The lowest BCUT2D eigenvalue weighted by molar-refractivity contribution is -0.140. The second-order valence-corrected chi connectivity index (χ2v) is 7.80. The molecule has 0 aromatic rings. The van der Waals surface area contributed by atoms with Crippen LogP contribution in [0.5, 0.6) is 0 Å². The summed E-state index contributed by atoms with van der Waals surface area (Å²) in [6.45, 7) is 3.73. The summed E-state index contributed by atoms with van der Waals surface area (Å²) in [6.07, 6.45) is 11.9. The van der Waals surface area contributed by atoms with E-state index in [-0.39, 0.29) is 24.4 Å². The zero-order chi connectivity index (χ0) is 16.8. The van der Waals surface area contributed by atoms with Crippen LogP contribution >= 0.6 is 12.4 Å². The molecule has 3 aliphatic rings. The predicted molar refractivity (Wildman–Crippen MR) is 102 cm³/mol. The average molecular weight is 372 g/mol. The molecule has 1 saturated carbocycles. The van der Waals surface area contributed by atoms with Crippen LogP contribution in [0.2, 0.25) is 0 Å². The van der Waals surface area contributed by atoms with Crippen LogP contribution in [0.25, 0.3) is 0 Å². The van der Waals surface area contributed by atoms with Crippen molar-refractivity contribution in [2.75, 3.05) is 32.7 Å². The van der Waals surface area contributed by atoms with Gasteiger partial charge in [0, 0.05) is 38.6 Å². The molecule has 5 nitrogen and oxygen atoms in total. The van der Waals surface area contributed by atoms with Crippen LogP contribution in [-0.2, 0) is 9.59 Å². The Morgan fingerprint density at radius 1 is 1.08 bits per heavy atom. The highest BCUT2D eigenvalue weighted by Gasteiger charge is 2.31. The van der Waals surface area contributed by atoms with Crippen LogP contribution in [0, 0.1) is 5.92 Å². The molecule has 0 aromatic heterocycles. The number of carbonyl (C=O) groups is 2. The number of halogens is 1. The Hall–Kier alpha value is -0.810. The van der Waals surface area contributed by atoms with Crippen molar-refractivity contribution >= 4 is 24.2 Å². The van der Waals surface area contributed by atoms with E-state index in [4.69, 9.17) is 0 Å². The van der Waals surface area contributed by atoms with Crippen LogP contribution < -0.4 is 5.32 Å². The van der Waals surface area contributed by atoms with Crippen molar-refractivity contribution in [3.05, 3.63) is 0 Å². The fourth-order valence-electron chi connectivity index (χ4n) is 4.62. The number of nitrogens with one attached hydrogen (secondary N) is 1. The molecule has 25 heavy (non-hydrogen) atoms. The van der Waals surface area contributed by atoms with E-state index in [1.54, 1.807) is 0 Å². The number of carbonyl (C=O) groups excluding carboxylic acids is 2. The molecule has 1 N–H and O–H groups in total. The number of nitrogens with zero attached hydrogens (tertiary/aromatic N) is 2. The predicted octanol–water partition coefficient (Wildman–Crippen LogP) is 2.58. The molecular formula is C19H34ClN3O2. The van der Waals surface area contributed by atoms with Gasteiger partial charge in [0.25, 0.3) is 0 Å². The lowest BCUT2D eigenvalue weighted by atomic mass is 9.86. The highest BCUT2D eigenvalue weighted by atomic mass is 35.5. The Kier molecular flexibility index (Phi) is 8.50. The molecule has 0 bridgehead atoms. The summed E-state index contributed by atoms with van der Waals surface area (Å²) in [4.78, 5) is 28.7. The molecule has 0 aromatic carbocycles. The number of rotatable bonds is 5. The largest absolute Gasteiger partial charge is 0.341 e. The lowest BCUT2D eigenvalue weighted by Gasteiger charge is -2.41. The second-order valence-electron chi connectivity index (χ2n) is 7.80. The van der Waals surface area contributed by atoms with E-state index in [1.165, 1.54) is 38.5 Å². The number of hydrogen-bond donors (Lipinski definition) is 1. The SMILES string of the molecule is Cl.O=C(CCCC1CCCCC1)N1CCCC(N2CCNCC2=O)C1. The van der Waals surface area contributed by atoms with Crippen molar-refractivity contribution in [2.24, 2.45) is 5.92 Å². The Morgan fingerprint density at radius 2 is 1.88 bits per heavy atom. The van der Waals surface area contributed by atoms with E-state index in [9.17, 15) is 9.59 Å². The van der Waals surface area contributed by atoms with Crippen LogP contribution in [-0.4, -0.2) is 60.4 Å². The van der Waals surface area contributed by atoms with Gasteiger partial charge in [-0.3, -0.25) is 9.59 Å². The standard InChI is InChI=1S/C19H33N3O2.ClH/c23-18(10-4-8-16-6-2-1-3-7-16)21-12-5-9-17(15-21)22-13-11-20-14-19(22)24;/h16-17,20H,1-15H2;1H. The van der Waals surface area contributed by atoms with Gasteiger partial charge in [-0.2, -0.15) is 0 Å². The van der Waals surface area contributed by atoms with Gasteiger partial charge in [-0.25, -0.2) is 0 Å². The molecular weight excluding hydrogens is 338 g/mol. The molecule has 1 unspecified atom stereocenters. The third-order valence-corrected chi connectivity index (χ3v) is 6.04. The molecule has 2 heterocycles. The van der Waals surface area contributed by atoms with E-state index in [1.807, 2.05) is 9.80 Å². The smallest absolute Gasteiger partial charge is 0.236 e. The molecule has 3 fully saturated rings. The Balaban J connectivity index is 0.00000225. The summed E-state index contributed by atoms with van der Waals surface area (Å²) < 4.78 is 0. The summed E-state index contributed by atoms with van der Waals surface area (Å²) >= 11 is 0. The summed E-state index contributed by atoms with van der Waals surface area (Å²) in [7, 11) is 0. The third kappa shape index (κ3) is 5.85. The monoisotopic (exact) mass is 371 g/mol. The summed E-state index contributed by atoms with van der Waals surface area (Å²) in [5.41, 5.74) is 0. The van der Waals surface area contributed by atoms with E-state index in [0.717, 1.165) is 51.4 Å². The Labute approximate surface area is 158 Å². The van der Waals surface area contributed by atoms with Gasteiger partial charge < -0.3 is 15.1 Å². The first-order chi connectivity index (χ1) is 11.7. The molecule has 1 aliphatic carbocycles. The van der Waals surface area contributed by atoms with Crippen LogP contribution in [0.4, 0.5) is 0 Å². The Bertz CT molecular complexity index is 440. The van der Waals surface area contributed by atoms with Gasteiger partial charge in [-0.05, 0) is 31.6 Å². The maximum absolute atomic E-state index is 12.6. The molecule has 144 valence electrons. The molecule has 0 radical (unpaired) electrons. The average Bonchev–Trinajstić information content (AvgIpc) is 2.63. The quantitative estimate of drug-likeness (QED) is 0.808. The molecule has 6 heteroatoms. The zero-order valence-corrected chi connectivity index (χ0v) is 16.2. The number of amides is 2. The Morgan fingerprint density at radius 3 is 2.64 bits per heavy atom. The fourth-order valence-corrected chi connectivity index (χ4v) is 4.62. The minimum atomic E-state index is 0. The minimum Gasteiger partial charge on any atom is -0.341 e. The van der Waals surface area contributed by atoms with Gasteiger partial charge in [0.05, 0.1) is 6.54 Å².